The zero-order valence-electron chi connectivity index (χ0n) is 15.5. The number of carbonyl (C=O) groups excluding carboxylic acids is 1. The van der Waals surface area contributed by atoms with Gasteiger partial charge in [-0.2, -0.15) is 0 Å². The Balaban J connectivity index is 1.54. The zero-order chi connectivity index (χ0) is 20.4. The third-order valence-corrected chi connectivity index (χ3v) is 5.12. The fourth-order valence-electron chi connectivity index (χ4n) is 3.15. The summed E-state index contributed by atoms with van der Waals surface area (Å²) in [6, 6.07) is 10.8. The maximum atomic E-state index is 13.2. The smallest absolute Gasteiger partial charge is 0.234 e. The van der Waals surface area contributed by atoms with Crippen molar-refractivity contribution in [2.75, 3.05) is 11.1 Å². The molecule has 4 rings (SSSR count). The predicted molar refractivity (Wildman–Crippen MR) is 109 cm³/mol. The summed E-state index contributed by atoms with van der Waals surface area (Å²) in [5, 5.41) is 12.2. The molecule has 29 heavy (non-hydrogen) atoms. The minimum atomic E-state index is -0.755. The van der Waals surface area contributed by atoms with Crippen LogP contribution in [0.5, 0.6) is 0 Å². The molecular formula is C20H17F2N5OS. The number of benzene rings is 2. The van der Waals surface area contributed by atoms with E-state index >= 15 is 0 Å². The Hall–Kier alpha value is -3.07. The quantitative estimate of drug-likeness (QED) is 0.475. The average molecular weight is 413 g/mol. The normalized spacial score (nSPS) is 11.3. The van der Waals surface area contributed by atoms with Gasteiger partial charge in [0.05, 0.1) is 11.3 Å². The lowest BCUT2D eigenvalue weighted by Gasteiger charge is -2.06. The molecule has 2 aromatic carbocycles. The molecule has 0 aliphatic heterocycles. The second-order valence-electron chi connectivity index (χ2n) is 6.43. The lowest BCUT2D eigenvalue weighted by atomic mass is 10.2. The number of aryl methyl sites for hydroxylation is 1. The van der Waals surface area contributed by atoms with Crippen LogP contribution in [0.3, 0.4) is 0 Å². The first-order chi connectivity index (χ1) is 14.0. The van der Waals surface area contributed by atoms with Crippen LogP contribution in [0.15, 0.2) is 47.6 Å². The summed E-state index contributed by atoms with van der Waals surface area (Å²) in [6.07, 6.45) is 0.937. The van der Waals surface area contributed by atoms with Crippen LogP contribution < -0.4 is 5.32 Å². The number of rotatable bonds is 6. The summed E-state index contributed by atoms with van der Waals surface area (Å²) in [5.74, 6) is -1.94. The number of thioether (sulfide) groups is 1. The molecule has 6 nitrogen and oxygen atoms in total. The molecule has 0 unspecified atom stereocenters. The maximum Gasteiger partial charge on any atom is 0.234 e. The zero-order valence-corrected chi connectivity index (χ0v) is 16.3. The van der Waals surface area contributed by atoms with Crippen molar-refractivity contribution in [3.8, 4) is 0 Å². The highest BCUT2D eigenvalue weighted by Crippen LogP contribution is 2.27. The van der Waals surface area contributed by atoms with E-state index in [-0.39, 0.29) is 11.4 Å². The van der Waals surface area contributed by atoms with Gasteiger partial charge in [0, 0.05) is 23.7 Å². The van der Waals surface area contributed by atoms with Crippen molar-refractivity contribution in [1.82, 2.24) is 19.7 Å². The van der Waals surface area contributed by atoms with Gasteiger partial charge in [0.15, 0.2) is 5.65 Å². The Labute approximate surface area is 169 Å². The van der Waals surface area contributed by atoms with Gasteiger partial charge < -0.3 is 9.88 Å². The standard InChI is InChI=1S/C20H17F2N5OS/c1-2-7-27-16-6-4-3-5-15(16)18-19(27)24-20(26-25-18)29-11-17(28)23-14-9-12(21)8-13(22)10-14/h3-6,8-10H,2,7,11H2,1H3,(H,23,28). The Kier molecular flexibility index (Phi) is 5.39. The number of nitrogens with zero attached hydrogens (tertiary/aromatic N) is 4. The number of fused-ring (bicyclic) bond motifs is 3. The molecule has 2 aromatic heterocycles. The molecule has 0 aliphatic rings. The average Bonchev–Trinajstić information content (AvgIpc) is 2.99. The van der Waals surface area contributed by atoms with Gasteiger partial charge in [-0.05, 0) is 24.6 Å². The van der Waals surface area contributed by atoms with Gasteiger partial charge in [-0.1, -0.05) is 36.9 Å². The van der Waals surface area contributed by atoms with Crippen LogP contribution in [0.25, 0.3) is 22.1 Å². The molecule has 0 saturated heterocycles. The van der Waals surface area contributed by atoms with Gasteiger partial charge in [0.25, 0.3) is 0 Å². The minimum absolute atomic E-state index is 0.0146. The summed E-state index contributed by atoms with van der Waals surface area (Å²) in [6.45, 7) is 2.88. The SMILES string of the molecule is CCCn1c2ccccc2c2nnc(SCC(=O)Nc3cc(F)cc(F)c3)nc21. The van der Waals surface area contributed by atoms with Crippen molar-refractivity contribution in [3.63, 3.8) is 0 Å². The van der Waals surface area contributed by atoms with Crippen LogP contribution in [-0.2, 0) is 11.3 Å². The number of halogens is 2. The molecule has 9 heteroatoms. The predicted octanol–water partition coefficient (Wildman–Crippen LogP) is 4.40. The fraction of sp³-hybridized carbons (Fsp3) is 0.200. The van der Waals surface area contributed by atoms with E-state index in [9.17, 15) is 13.6 Å². The third-order valence-electron chi connectivity index (χ3n) is 4.28. The Morgan fingerprint density at radius 3 is 2.66 bits per heavy atom. The lowest BCUT2D eigenvalue weighted by Crippen LogP contribution is -2.14. The van der Waals surface area contributed by atoms with E-state index in [4.69, 9.17) is 0 Å². The van der Waals surface area contributed by atoms with E-state index in [0.29, 0.717) is 5.16 Å². The second kappa shape index (κ2) is 8.12. The number of nitrogens with one attached hydrogen (secondary N) is 1. The van der Waals surface area contributed by atoms with Crippen molar-refractivity contribution in [1.29, 1.82) is 0 Å². The molecule has 1 amide bonds. The van der Waals surface area contributed by atoms with Gasteiger partial charge in [0.2, 0.25) is 11.1 Å². The summed E-state index contributed by atoms with van der Waals surface area (Å²) in [4.78, 5) is 16.7. The van der Waals surface area contributed by atoms with Crippen molar-refractivity contribution in [3.05, 3.63) is 54.1 Å². The van der Waals surface area contributed by atoms with E-state index in [1.165, 1.54) is 0 Å². The highest BCUT2D eigenvalue weighted by molar-refractivity contribution is 7.99. The molecule has 0 saturated carbocycles. The van der Waals surface area contributed by atoms with Gasteiger partial charge >= 0.3 is 0 Å². The molecule has 4 aromatic rings. The van der Waals surface area contributed by atoms with Crippen LogP contribution in [0.1, 0.15) is 13.3 Å². The van der Waals surface area contributed by atoms with Crippen molar-refractivity contribution >= 4 is 45.4 Å². The first-order valence-corrected chi connectivity index (χ1v) is 10.0. The first kappa shape index (κ1) is 19.3. The van der Waals surface area contributed by atoms with Crippen LogP contribution in [-0.4, -0.2) is 31.4 Å². The molecule has 0 fully saturated rings. The van der Waals surface area contributed by atoms with E-state index in [1.807, 2.05) is 24.3 Å². The molecular weight excluding hydrogens is 396 g/mol. The topological polar surface area (TPSA) is 72.7 Å². The van der Waals surface area contributed by atoms with Gasteiger partial charge in [0.1, 0.15) is 17.2 Å². The number of para-hydroxylation sites is 1. The highest BCUT2D eigenvalue weighted by Gasteiger charge is 2.15. The van der Waals surface area contributed by atoms with Crippen molar-refractivity contribution in [2.24, 2.45) is 0 Å². The van der Waals surface area contributed by atoms with E-state index in [1.54, 1.807) is 0 Å². The van der Waals surface area contributed by atoms with Gasteiger partial charge in [-0.3, -0.25) is 4.79 Å². The fourth-order valence-corrected chi connectivity index (χ4v) is 3.74. The van der Waals surface area contributed by atoms with E-state index < -0.39 is 17.5 Å². The van der Waals surface area contributed by atoms with E-state index in [0.717, 1.165) is 65.0 Å². The second-order valence-corrected chi connectivity index (χ2v) is 7.37. The highest BCUT2D eigenvalue weighted by atomic mass is 32.2. The Morgan fingerprint density at radius 1 is 1.14 bits per heavy atom. The molecule has 1 N–H and O–H groups in total. The van der Waals surface area contributed by atoms with Crippen LogP contribution in [0.2, 0.25) is 0 Å². The molecule has 148 valence electrons. The summed E-state index contributed by atoms with van der Waals surface area (Å²) < 4.78 is 28.6. The summed E-state index contributed by atoms with van der Waals surface area (Å²) in [7, 11) is 0. The van der Waals surface area contributed by atoms with Gasteiger partial charge in [-0.25, -0.2) is 13.8 Å². The number of hydrogen-bond acceptors (Lipinski definition) is 5. The van der Waals surface area contributed by atoms with Crippen molar-refractivity contribution < 1.29 is 13.6 Å². The lowest BCUT2D eigenvalue weighted by molar-refractivity contribution is -0.113. The number of anilines is 1. The van der Waals surface area contributed by atoms with Crippen LogP contribution >= 0.6 is 11.8 Å². The molecule has 2 heterocycles. The molecule has 0 spiro atoms. The monoisotopic (exact) mass is 413 g/mol. The largest absolute Gasteiger partial charge is 0.325 e. The number of amides is 1. The number of carbonyl (C=O) groups is 1. The molecule has 0 atom stereocenters. The van der Waals surface area contributed by atoms with Gasteiger partial charge in [-0.15, -0.1) is 10.2 Å². The summed E-state index contributed by atoms with van der Waals surface area (Å²) in [5.41, 5.74) is 2.54. The number of hydrogen-bond donors (Lipinski definition) is 1. The van der Waals surface area contributed by atoms with Crippen molar-refractivity contribution in [2.45, 2.75) is 25.0 Å². The Morgan fingerprint density at radius 2 is 1.90 bits per heavy atom. The maximum absolute atomic E-state index is 13.2. The first-order valence-electron chi connectivity index (χ1n) is 9.05. The minimum Gasteiger partial charge on any atom is -0.325 e. The third kappa shape index (κ3) is 4.04. The molecule has 0 radical (unpaired) electrons. The van der Waals surface area contributed by atoms with Crippen LogP contribution in [0.4, 0.5) is 14.5 Å². The van der Waals surface area contributed by atoms with Crippen LogP contribution in [0, 0.1) is 11.6 Å². The number of aromatic nitrogens is 4. The molecule has 0 aliphatic carbocycles. The molecule has 0 bridgehead atoms. The summed E-state index contributed by atoms with van der Waals surface area (Å²) >= 11 is 1.11. The van der Waals surface area contributed by atoms with E-state index in [2.05, 4.69) is 32.0 Å². The Bertz CT molecular complexity index is 1190.